The second-order valence-electron chi connectivity index (χ2n) is 7.89. The number of aromatic amines is 1. The van der Waals surface area contributed by atoms with Crippen LogP contribution in [0, 0.1) is 18.8 Å². The molecule has 146 valence electrons. The summed E-state index contributed by atoms with van der Waals surface area (Å²) in [5.74, 6) is 0.708. The van der Waals surface area contributed by atoms with Gasteiger partial charge in [0, 0.05) is 5.92 Å². The Kier molecular flexibility index (Phi) is 5.79. The molecule has 1 aromatic carbocycles. The highest BCUT2D eigenvalue weighted by atomic mass is 16.2. The fourth-order valence-corrected chi connectivity index (χ4v) is 3.69. The van der Waals surface area contributed by atoms with Gasteiger partial charge in [0.25, 0.3) is 0 Å². The van der Waals surface area contributed by atoms with E-state index in [1.165, 1.54) is 5.56 Å². The molecule has 3 rings (SSSR count). The number of likely N-dealkylation sites (tertiary alicyclic amines) is 1. The van der Waals surface area contributed by atoms with Crippen LogP contribution in [0.3, 0.4) is 0 Å². The van der Waals surface area contributed by atoms with Crippen molar-refractivity contribution in [3.63, 3.8) is 0 Å². The smallest absolute Gasteiger partial charge is 0.231 e. The molecular weight excluding hydrogens is 342 g/mol. The standard InChI is InChI=1S/C20H29N5O2/c1-12(2)18(19-22-15-5-4-13(3)10-16(15)23-19)24-20(27)14-6-8-25(9-7-14)11-17(21)26/h4-5,10,12,14,18H,6-9,11H2,1-3H3,(H2,21,26)(H,22,23)(H,24,27)/t18-/m1/s1. The average Bonchev–Trinajstić information content (AvgIpc) is 3.01. The van der Waals surface area contributed by atoms with Crippen molar-refractivity contribution in [1.29, 1.82) is 0 Å². The van der Waals surface area contributed by atoms with Gasteiger partial charge >= 0.3 is 0 Å². The molecule has 2 heterocycles. The van der Waals surface area contributed by atoms with Gasteiger partial charge in [0.15, 0.2) is 0 Å². The number of benzene rings is 1. The molecule has 0 aliphatic carbocycles. The van der Waals surface area contributed by atoms with Crippen LogP contribution in [0.15, 0.2) is 18.2 Å². The Morgan fingerprint density at radius 3 is 2.67 bits per heavy atom. The number of amides is 2. The van der Waals surface area contributed by atoms with Gasteiger partial charge < -0.3 is 16.0 Å². The topological polar surface area (TPSA) is 104 Å². The number of carbonyl (C=O) groups excluding carboxylic acids is 2. The predicted octanol–water partition coefficient (Wildman–Crippen LogP) is 1.88. The molecule has 7 nitrogen and oxygen atoms in total. The molecule has 1 aliphatic rings. The summed E-state index contributed by atoms with van der Waals surface area (Å²) in [6, 6.07) is 5.95. The van der Waals surface area contributed by atoms with Gasteiger partial charge in [0.2, 0.25) is 11.8 Å². The molecule has 2 amide bonds. The SMILES string of the molecule is Cc1ccc2nc([C@H](NC(=O)C3CCN(CC(N)=O)CC3)C(C)C)[nH]c2c1. The normalized spacial score (nSPS) is 17.3. The molecule has 1 fully saturated rings. The zero-order chi connectivity index (χ0) is 19.6. The summed E-state index contributed by atoms with van der Waals surface area (Å²) >= 11 is 0. The summed E-state index contributed by atoms with van der Waals surface area (Å²) < 4.78 is 0. The molecule has 2 aromatic rings. The van der Waals surface area contributed by atoms with Crippen molar-refractivity contribution in [1.82, 2.24) is 20.2 Å². The van der Waals surface area contributed by atoms with E-state index in [9.17, 15) is 9.59 Å². The number of aryl methyl sites for hydroxylation is 1. The van der Waals surface area contributed by atoms with Crippen LogP contribution in [0.25, 0.3) is 11.0 Å². The molecule has 1 aromatic heterocycles. The lowest BCUT2D eigenvalue weighted by molar-refractivity contribution is -0.127. The first kappa shape index (κ1) is 19.4. The van der Waals surface area contributed by atoms with Gasteiger partial charge in [-0.2, -0.15) is 0 Å². The van der Waals surface area contributed by atoms with E-state index in [1.807, 2.05) is 24.0 Å². The Morgan fingerprint density at radius 1 is 1.33 bits per heavy atom. The van der Waals surface area contributed by atoms with Gasteiger partial charge in [-0.25, -0.2) is 4.98 Å². The van der Waals surface area contributed by atoms with E-state index in [-0.39, 0.29) is 36.2 Å². The maximum absolute atomic E-state index is 12.8. The molecule has 0 radical (unpaired) electrons. The van der Waals surface area contributed by atoms with Crippen molar-refractivity contribution in [2.24, 2.45) is 17.6 Å². The summed E-state index contributed by atoms with van der Waals surface area (Å²) in [5, 5.41) is 3.19. The third kappa shape index (κ3) is 4.66. The fraction of sp³-hybridized carbons (Fsp3) is 0.550. The molecule has 0 saturated carbocycles. The molecule has 27 heavy (non-hydrogen) atoms. The molecule has 0 bridgehead atoms. The number of nitrogens with one attached hydrogen (secondary N) is 2. The quantitative estimate of drug-likeness (QED) is 0.721. The van der Waals surface area contributed by atoms with Gasteiger partial charge in [-0.15, -0.1) is 0 Å². The zero-order valence-electron chi connectivity index (χ0n) is 16.3. The molecule has 7 heteroatoms. The van der Waals surface area contributed by atoms with Crippen LogP contribution in [0.1, 0.15) is 44.1 Å². The van der Waals surface area contributed by atoms with E-state index in [0.29, 0.717) is 0 Å². The molecule has 1 saturated heterocycles. The number of hydrogen-bond acceptors (Lipinski definition) is 4. The number of primary amides is 1. The van der Waals surface area contributed by atoms with Crippen molar-refractivity contribution in [2.45, 2.75) is 39.7 Å². The third-order valence-electron chi connectivity index (χ3n) is 5.25. The minimum absolute atomic E-state index is 0.0398. The van der Waals surface area contributed by atoms with Crippen LogP contribution in [-0.2, 0) is 9.59 Å². The second-order valence-corrected chi connectivity index (χ2v) is 7.89. The van der Waals surface area contributed by atoms with Crippen molar-refractivity contribution in [3.05, 3.63) is 29.6 Å². The number of H-pyrrole nitrogens is 1. The maximum atomic E-state index is 12.8. The molecule has 4 N–H and O–H groups in total. The number of nitrogens with zero attached hydrogens (tertiary/aromatic N) is 2. The Labute approximate surface area is 159 Å². The number of fused-ring (bicyclic) bond motifs is 1. The van der Waals surface area contributed by atoms with E-state index in [4.69, 9.17) is 5.73 Å². The minimum atomic E-state index is -0.321. The fourth-order valence-electron chi connectivity index (χ4n) is 3.69. The Bertz CT molecular complexity index is 821. The van der Waals surface area contributed by atoms with Crippen LogP contribution in [0.4, 0.5) is 0 Å². The summed E-state index contributed by atoms with van der Waals surface area (Å²) in [5.41, 5.74) is 8.33. The number of rotatable bonds is 6. The first-order valence-corrected chi connectivity index (χ1v) is 9.60. The van der Waals surface area contributed by atoms with Gasteiger partial charge in [-0.05, 0) is 56.5 Å². The highest BCUT2D eigenvalue weighted by molar-refractivity contribution is 5.80. The lowest BCUT2D eigenvalue weighted by Crippen LogP contribution is -2.44. The van der Waals surface area contributed by atoms with Crippen LogP contribution >= 0.6 is 0 Å². The Balaban J connectivity index is 1.67. The molecule has 0 unspecified atom stereocenters. The number of hydrogen-bond donors (Lipinski definition) is 3. The lowest BCUT2D eigenvalue weighted by Gasteiger charge is -2.31. The zero-order valence-corrected chi connectivity index (χ0v) is 16.3. The van der Waals surface area contributed by atoms with E-state index in [0.717, 1.165) is 42.8 Å². The second kappa shape index (κ2) is 8.08. The summed E-state index contributed by atoms with van der Waals surface area (Å²) in [7, 11) is 0. The monoisotopic (exact) mass is 371 g/mol. The average molecular weight is 371 g/mol. The van der Waals surface area contributed by atoms with Gasteiger partial charge in [-0.3, -0.25) is 14.5 Å². The van der Waals surface area contributed by atoms with Crippen LogP contribution < -0.4 is 11.1 Å². The molecular formula is C20H29N5O2. The molecule has 0 spiro atoms. The number of imidazole rings is 1. The van der Waals surface area contributed by atoms with Crippen LogP contribution in [0.2, 0.25) is 0 Å². The number of piperidine rings is 1. The van der Waals surface area contributed by atoms with Gasteiger partial charge in [-0.1, -0.05) is 19.9 Å². The highest BCUT2D eigenvalue weighted by Crippen LogP contribution is 2.25. The number of aromatic nitrogens is 2. The third-order valence-corrected chi connectivity index (χ3v) is 5.25. The van der Waals surface area contributed by atoms with E-state index >= 15 is 0 Å². The highest BCUT2D eigenvalue weighted by Gasteiger charge is 2.29. The van der Waals surface area contributed by atoms with Crippen molar-refractivity contribution in [3.8, 4) is 0 Å². The van der Waals surface area contributed by atoms with E-state index in [2.05, 4.69) is 35.2 Å². The molecule has 1 aliphatic heterocycles. The maximum Gasteiger partial charge on any atom is 0.231 e. The molecule has 1 atom stereocenters. The van der Waals surface area contributed by atoms with Crippen LogP contribution in [0.5, 0.6) is 0 Å². The summed E-state index contributed by atoms with van der Waals surface area (Å²) in [6.45, 7) is 7.92. The van der Waals surface area contributed by atoms with E-state index in [1.54, 1.807) is 0 Å². The Morgan fingerprint density at radius 2 is 2.04 bits per heavy atom. The number of carbonyl (C=O) groups is 2. The van der Waals surface area contributed by atoms with Crippen molar-refractivity contribution < 1.29 is 9.59 Å². The minimum Gasteiger partial charge on any atom is -0.369 e. The first-order valence-electron chi connectivity index (χ1n) is 9.60. The van der Waals surface area contributed by atoms with Crippen molar-refractivity contribution in [2.75, 3.05) is 19.6 Å². The van der Waals surface area contributed by atoms with Gasteiger partial charge in [0.05, 0.1) is 23.6 Å². The Hall–Kier alpha value is -2.41. The lowest BCUT2D eigenvalue weighted by atomic mass is 9.94. The predicted molar refractivity (Wildman–Crippen MR) is 105 cm³/mol. The summed E-state index contributed by atoms with van der Waals surface area (Å²) in [6.07, 6.45) is 1.48. The number of nitrogens with two attached hydrogens (primary N) is 1. The largest absolute Gasteiger partial charge is 0.369 e. The first-order chi connectivity index (χ1) is 12.8. The van der Waals surface area contributed by atoms with Gasteiger partial charge in [0.1, 0.15) is 5.82 Å². The van der Waals surface area contributed by atoms with Crippen molar-refractivity contribution >= 4 is 22.8 Å². The van der Waals surface area contributed by atoms with E-state index < -0.39 is 0 Å². The van der Waals surface area contributed by atoms with Crippen LogP contribution in [-0.4, -0.2) is 46.3 Å². The summed E-state index contributed by atoms with van der Waals surface area (Å²) in [4.78, 5) is 33.9.